The molecule has 0 atom stereocenters. The molecule has 2 aromatic rings. The van der Waals surface area contributed by atoms with Crippen molar-refractivity contribution in [1.82, 2.24) is 4.98 Å². The summed E-state index contributed by atoms with van der Waals surface area (Å²) in [4.78, 5) is 4.32. The molecule has 2 heteroatoms. The van der Waals surface area contributed by atoms with Gasteiger partial charge in [-0.05, 0) is 16.5 Å². The number of thiazole rings is 1. The first-order chi connectivity index (χ1) is 7.55. The van der Waals surface area contributed by atoms with E-state index in [1.54, 1.807) is 11.3 Å². The number of benzene rings is 1. The van der Waals surface area contributed by atoms with Gasteiger partial charge in [-0.25, -0.2) is 4.98 Å². The van der Waals surface area contributed by atoms with Crippen LogP contribution in [0.15, 0.2) is 35.8 Å². The lowest BCUT2D eigenvalue weighted by molar-refractivity contribution is 0.589. The van der Waals surface area contributed by atoms with Gasteiger partial charge in [-0.1, -0.05) is 45.0 Å². The van der Waals surface area contributed by atoms with E-state index in [1.807, 2.05) is 11.6 Å². The molecule has 1 aromatic carbocycles. The molecule has 0 spiro atoms. The highest BCUT2D eigenvalue weighted by Crippen LogP contribution is 2.23. The summed E-state index contributed by atoms with van der Waals surface area (Å²) in [5, 5.41) is 3.22. The Kier molecular flexibility index (Phi) is 3.10. The Morgan fingerprint density at radius 1 is 1.25 bits per heavy atom. The predicted molar refractivity (Wildman–Crippen MR) is 70.1 cm³/mol. The lowest BCUT2D eigenvalue weighted by Crippen LogP contribution is -2.11. The Balaban J connectivity index is 2.23. The summed E-state index contributed by atoms with van der Waals surface area (Å²) in [6.07, 6.45) is 2.81. The zero-order valence-electron chi connectivity index (χ0n) is 10.0. The van der Waals surface area contributed by atoms with Crippen LogP contribution in [0.2, 0.25) is 0 Å². The smallest absolute Gasteiger partial charge is 0.0968 e. The Morgan fingerprint density at radius 2 is 2.06 bits per heavy atom. The van der Waals surface area contributed by atoms with Crippen molar-refractivity contribution in [3.05, 3.63) is 52.0 Å². The summed E-state index contributed by atoms with van der Waals surface area (Å²) >= 11 is 1.72. The van der Waals surface area contributed by atoms with Crippen LogP contribution in [0, 0.1) is 0 Å². The van der Waals surface area contributed by atoms with Gasteiger partial charge in [-0.3, -0.25) is 0 Å². The van der Waals surface area contributed by atoms with Gasteiger partial charge in [-0.2, -0.15) is 0 Å². The fourth-order valence-electron chi connectivity index (χ4n) is 1.66. The molecule has 2 rings (SSSR count). The molecule has 1 heterocycles. The molecule has 0 saturated carbocycles. The van der Waals surface area contributed by atoms with Crippen LogP contribution in [-0.4, -0.2) is 4.98 Å². The monoisotopic (exact) mass is 231 g/mol. The lowest BCUT2D eigenvalue weighted by Gasteiger charge is -2.19. The van der Waals surface area contributed by atoms with Gasteiger partial charge in [0.25, 0.3) is 0 Å². The van der Waals surface area contributed by atoms with Gasteiger partial charge in [0.2, 0.25) is 0 Å². The second-order valence-electron chi connectivity index (χ2n) is 5.05. The largest absolute Gasteiger partial charge is 0.249 e. The van der Waals surface area contributed by atoms with Crippen LogP contribution >= 0.6 is 11.3 Å². The summed E-state index contributed by atoms with van der Waals surface area (Å²) in [6.45, 7) is 6.74. The first-order valence-corrected chi connectivity index (χ1v) is 6.41. The normalized spacial score (nSPS) is 11.7. The minimum absolute atomic E-state index is 0.221. The summed E-state index contributed by atoms with van der Waals surface area (Å²) < 4.78 is 0. The second kappa shape index (κ2) is 4.38. The molecule has 0 aliphatic carbocycles. The van der Waals surface area contributed by atoms with Crippen LogP contribution in [0.25, 0.3) is 0 Å². The van der Waals surface area contributed by atoms with E-state index in [4.69, 9.17) is 0 Å². The van der Waals surface area contributed by atoms with Crippen LogP contribution in [-0.2, 0) is 11.8 Å². The third-order valence-electron chi connectivity index (χ3n) is 2.63. The summed E-state index contributed by atoms with van der Waals surface area (Å²) in [5.41, 5.74) is 2.96. The van der Waals surface area contributed by atoms with Crippen molar-refractivity contribution >= 4 is 11.3 Å². The van der Waals surface area contributed by atoms with Crippen molar-refractivity contribution < 1.29 is 0 Å². The highest BCUT2D eigenvalue weighted by Gasteiger charge is 2.13. The molecule has 0 aliphatic rings. The highest BCUT2D eigenvalue weighted by atomic mass is 32.1. The number of hydrogen-bond donors (Lipinski definition) is 0. The predicted octanol–water partition coefficient (Wildman–Crippen LogP) is 4.03. The topological polar surface area (TPSA) is 12.9 Å². The molecule has 0 amide bonds. The third kappa shape index (κ3) is 2.70. The SMILES string of the molecule is CC(C)(C)c1cccc(Cc2nccs2)c1. The van der Waals surface area contributed by atoms with Crippen LogP contribution in [0.1, 0.15) is 36.9 Å². The number of hydrogen-bond acceptors (Lipinski definition) is 2. The molecule has 1 nitrogen and oxygen atoms in total. The lowest BCUT2D eigenvalue weighted by atomic mass is 9.86. The van der Waals surface area contributed by atoms with Gasteiger partial charge >= 0.3 is 0 Å². The van der Waals surface area contributed by atoms with Crippen LogP contribution < -0.4 is 0 Å². The molecule has 1 aromatic heterocycles. The average Bonchev–Trinajstić information content (AvgIpc) is 2.70. The van der Waals surface area contributed by atoms with Crippen molar-refractivity contribution in [2.24, 2.45) is 0 Å². The van der Waals surface area contributed by atoms with Gasteiger partial charge in [0.15, 0.2) is 0 Å². The van der Waals surface area contributed by atoms with Gasteiger partial charge in [-0.15, -0.1) is 11.3 Å². The molecule has 0 fully saturated rings. The standard InChI is InChI=1S/C14H17NS/c1-14(2,3)12-6-4-5-11(9-12)10-13-15-7-8-16-13/h4-9H,10H2,1-3H3. The van der Waals surface area contributed by atoms with E-state index in [2.05, 4.69) is 50.0 Å². The van der Waals surface area contributed by atoms with E-state index < -0.39 is 0 Å². The number of nitrogens with zero attached hydrogens (tertiary/aromatic N) is 1. The minimum atomic E-state index is 0.221. The molecule has 0 radical (unpaired) electrons. The van der Waals surface area contributed by atoms with Crippen LogP contribution in [0.3, 0.4) is 0 Å². The first-order valence-electron chi connectivity index (χ1n) is 5.53. The molecule has 16 heavy (non-hydrogen) atoms. The van der Waals surface area contributed by atoms with Crippen LogP contribution in [0.5, 0.6) is 0 Å². The van der Waals surface area contributed by atoms with Gasteiger partial charge < -0.3 is 0 Å². The summed E-state index contributed by atoms with van der Waals surface area (Å²) in [6, 6.07) is 8.81. The zero-order valence-corrected chi connectivity index (χ0v) is 10.8. The van der Waals surface area contributed by atoms with E-state index in [-0.39, 0.29) is 5.41 Å². The van der Waals surface area contributed by atoms with E-state index in [0.29, 0.717) is 0 Å². The Hall–Kier alpha value is -1.15. The van der Waals surface area contributed by atoms with Gasteiger partial charge in [0.05, 0.1) is 5.01 Å². The van der Waals surface area contributed by atoms with Crippen molar-refractivity contribution in [3.63, 3.8) is 0 Å². The Bertz CT molecular complexity index is 452. The molecule has 0 bridgehead atoms. The Morgan fingerprint density at radius 3 is 2.69 bits per heavy atom. The fraction of sp³-hybridized carbons (Fsp3) is 0.357. The molecular formula is C14H17NS. The zero-order chi connectivity index (χ0) is 11.6. The highest BCUT2D eigenvalue weighted by molar-refractivity contribution is 7.09. The summed E-state index contributed by atoms with van der Waals surface area (Å²) in [7, 11) is 0. The average molecular weight is 231 g/mol. The summed E-state index contributed by atoms with van der Waals surface area (Å²) in [5.74, 6) is 0. The molecule has 0 unspecified atom stereocenters. The minimum Gasteiger partial charge on any atom is -0.249 e. The molecule has 0 aliphatic heterocycles. The fourth-order valence-corrected chi connectivity index (χ4v) is 2.31. The van der Waals surface area contributed by atoms with Crippen molar-refractivity contribution in [3.8, 4) is 0 Å². The molecule has 0 saturated heterocycles. The maximum atomic E-state index is 4.32. The van der Waals surface area contributed by atoms with Crippen molar-refractivity contribution in [2.45, 2.75) is 32.6 Å². The van der Waals surface area contributed by atoms with E-state index in [1.165, 1.54) is 16.1 Å². The maximum Gasteiger partial charge on any atom is 0.0968 e. The molecular weight excluding hydrogens is 214 g/mol. The molecule has 0 N–H and O–H groups in total. The van der Waals surface area contributed by atoms with E-state index >= 15 is 0 Å². The van der Waals surface area contributed by atoms with Crippen molar-refractivity contribution in [2.75, 3.05) is 0 Å². The number of aromatic nitrogens is 1. The van der Waals surface area contributed by atoms with E-state index in [9.17, 15) is 0 Å². The van der Waals surface area contributed by atoms with Crippen molar-refractivity contribution in [1.29, 1.82) is 0 Å². The maximum absolute atomic E-state index is 4.32. The van der Waals surface area contributed by atoms with E-state index in [0.717, 1.165) is 6.42 Å². The third-order valence-corrected chi connectivity index (χ3v) is 3.41. The van der Waals surface area contributed by atoms with Crippen LogP contribution in [0.4, 0.5) is 0 Å². The molecule has 84 valence electrons. The Labute approximate surface area is 101 Å². The second-order valence-corrected chi connectivity index (χ2v) is 6.03. The first kappa shape index (κ1) is 11.3. The number of rotatable bonds is 2. The quantitative estimate of drug-likeness (QED) is 0.760. The van der Waals surface area contributed by atoms with Gasteiger partial charge in [0.1, 0.15) is 0 Å². The van der Waals surface area contributed by atoms with Gasteiger partial charge in [0, 0.05) is 18.0 Å².